The van der Waals surface area contributed by atoms with Gasteiger partial charge >= 0.3 is 17.9 Å². The minimum absolute atomic E-state index is 0.0625. The molecule has 0 aromatic carbocycles. The van der Waals surface area contributed by atoms with E-state index >= 15 is 0 Å². The van der Waals surface area contributed by atoms with Gasteiger partial charge in [0.05, 0.1) is 0 Å². The first-order valence-corrected chi connectivity index (χ1v) is 29.7. The van der Waals surface area contributed by atoms with Crippen molar-refractivity contribution in [3.05, 3.63) is 0 Å². The van der Waals surface area contributed by atoms with Crippen LogP contribution in [0.15, 0.2) is 0 Å². The van der Waals surface area contributed by atoms with Crippen LogP contribution in [0.1, 0.15) is 336 Å². The smallest absolute Gasteiger partial charge is 0.306 e. The molecule has 0 bridgehead atoms. The van der Waals surface area contributed by atoms with Gasteiger partial charge in [-0.2, -0.15) is 0 Å². The Morgan fingerprint density at radius 3 is 0.742 bits per heavy atom. The summed E-state index contributed by atoms with van der Waals surface area (Å²) in [5, 5.41) is 0. The maximum absolute atomic E-state index is 12.9. The van der Waals surface area contributed by atoms with E-state index in [0.717, 1.165) is 69.6 Å². The molecule has 1 atom stereocenters. The van der Waals surface area contributed by atoms with Crippen molar-refractivity contribution >= 4 is 17.9 Å². The van der Waals surface area contributed by atoms with E-state index in [0.29, 0.717) is 19.3 Å². The second kappa shape index (κ2) is 52.8. The third-order valence-corrected chi connectivity index (χ3v) is 13.7. The molecule has 0 unspecified atom stereocenters. The first-order valence-electron chi connectivity index (χ1n) is 29.7. The van der Waals surface area contributed by atoms with E-state index in [2.05, 4.69) is 34.6 Å². The van der Waals surface area contributed by atoms with Gasteiger partial charge in [0.1, 0.15) is 13.2 Å². The SMILES string of the molecule is CCCCCCCCCCCCCCCCCCCC(=O)OC[C@H](COC(=O)CCCCCCCCCCCCCCCCC(C)C)OC(=O)CCCCCCCCCCCCCC(C)C. The highest BCUT2D eigenvalue weighted by Crippen LogP contribution is 2.18. The Bertz CT molecular complexity index is 1010. The van der Waals surface area contributed by atoms with Gasteiger partial charge in [-0.25, -0.2) is 0 Å². The maximum atomic E-state index is 12.9. The number of carbonyl (C=O) groups is 3. The standard InChI is InChI=1S/C60H116O6/c1-6-7-8-9-10-11-12-13-14-15-16-20-25-30-35-40-45-50-58(61)64-53-57(66-60(63)52-47-42-37-32-27-22-24-29-34-39-44-49-56(4)5)54-65-59(62)51-46-41-36-31-26-21-18-17-19-23-28-33-38-43-48-55(2)3/h55-57H,6-54H2,1-5H3/t57-/m1/s1. The lowest BCUT2D eigenvalue weighted by molar-refractivity contribution is -0.167. The first kappa shape index (κ1) is 64.4. The van der Waals surface area contributed by atoms with Gasteiger partial charge in [-0.05, 0) is 31.1 Å². The van der Waals surface area contributed by atoms with Crippen molar-refractivity contribution in [2.75, 3.05) is 13.2 Å². The van der Waals surface area contributed by atoms with Crippen LogP contribution >= 0.6 is 0 Å². The number of hydrogen-bond donors (Lipinski definition) is 0. The topological polar surface area (TPSA) is 78.9 Å². The zero-order valence-corrected chi connectivity index (χ0v) is 45.3. The highest BCUT2D eigenvalue weighted by atomic mass is 16.6. The minimum atomic E-state index is -0.763. The molecule has 6 nitrogen and oxygen atoms in total. The van der Waals surface area contributed by atoms with Crippen molar-refractivity contribution in [2.45, 2.75) is 343 Å². The van der Waals surface area contributed by atoms with Gasteiger partial charge in [0.25, 0.3) is 0 Å². The van der Waals surface area contributed by atoms with E-state index in [9.17, 15) is 14.4 Å². The Kier molecular flexibility index (Phi) is 51.5. The van der Waals surface area contributed by atoms with Gasteiger partial charge in [-0.15, -0.1) is 0 Å². The molecule has 0 fully saturated rings. The Labute approximate surface area is 412 Å². The number of unbranched alkanes of at least 4 members (excludes halogenated alkanes) is 39. The van der Waals surface area contributed by atoms with Gasteiger partial charge in [0.2, 0.25) is 0 Å². The van der Waals surface area contributed by atoms with Crippen LogP contribution in [-0.2, 0) is 28.6 Å². The molecule has 6 heteroatoms. The average Bonchev–Trinajstić information content (AvgIpc) is 3.29. The number of esters is 3. The van der Waals surface area contributed by atoms with Crippen molar-refractivity contribution in [3.63, 3.8) is 0 Å². The lowest BCUT2D eigenvalue weighted by Crippen LogP contribution is -2.30. The highest BCUT2D eigenvalue weighted by molar-refractivity contribution is 5.71. The summed E-state index contributed by atoms with van der Waals surface area (Å²) in [6, 6.07) is 0. The van der Waals surface area contributed by atoms with Gasteiger partial charge in [-0.3, -0.25) is 14.4 Å². The Morgan fingerprint density at radius 1 is 0.288 bits per heavy atom. The zero-order chi connectivity index (χ0) is 48.2. The summed E-state index contributed by atoms with van der Waals surface area (Å²) in [7, 11) is 0. The van der Waals surface area contributed by atoms with Crippen molar-refractivity contribution < 1.29 is 28.6 Å². The molecule has 0 radical (unpaired) electrons. The van der Waals surface area contributed by atoms with Crippen LogP contribution in [0.5, 0.6) is 0 Å². The van der Waals surface area contributed by atoms with Crippen LogP contribution in [0.25, 0.3) is 0 Å². The molecule has 0 saturated heterocycles. The summed E-state index contributed by atoms with van der Waals surface area (Å²) in [6.45, 7) is 11.4. The van der Waals surface area contributed by atoms with Crippen molar-refractivity contribution in [2.24, 2.45) is 11.8 Å². The molecule has 0 amide bonds. The van der Waals surface area contributed by atoms with E-state index < -0.39 is 6.10 Å². The summed E-state index contributed by atoms with van der Waals surface area (Å²) in [4.78, 5) is 38.2. The predicted molar refractivity (Wildman–Crippen MR) is 284 cm³/mol. The van der Waals surface area contributed by atoms with Crippen LogP contribution in [0.3, 0.4) is 0 Å². The molecule has 0 aromatic rings. The largest absolute Gasteiger partial charge is 0.462 e. The maximum Gasteiger partial charge on any atom is 0.306 e. The highest BCUT2D eigenvalue weighted by Gasteiger charge is 2.19. The minimum Gasteiger partial charge on any atom is -0.462 e. The van der Waals surface area contributed by atoms with E-state index in [4.69, 9.17) is 14.2 Å². The van der Waals surface area contributed by atoms with Gasteiger partial charge in [0.15, 0.2) is 6.10 Å². The predicted octanol–water partition coefficient (Wildman–Crippen LogP) is 19.7. The molecule has 0 saturated carbocycles. The summed E-state index contributed by atoms with van der Waals surface area (Å²) in [5.41, 5.74) is 0. The summed E-state index contributed by atoms with van der Waals surface area (Å²) in [6.07, 6.45) is 56.7. The fraction of sp³-hybridized carbons (Fsp3) is 0.950. The normalized spacial score (nSPS) is 12.0. The van der Waals surface area contributed by atoms with E-state index in [1.165, 1.54) is 225 Å². The number of hydrogen-bond acceptors (Lipinski definition) is 6. The van der Waals surface area contributed by atoms with E-state index in [1.807, 2.05) is 0 Å². The Balaban J connectivity index is 4.29. The van der Waals surface area contributed by atoms with Crippen LogP contribution in [0, 0.1) is 11.8 Å². The second-order valence-corrected chi connectivity index (χ2v) is 21.6. The third-order valence-electron chi connectivity index (χ3n) is 13.7. The quantitative estimate of drug-likeness (QED) is 0.0343. The zero-order valence-electron chi connectivity index (χ0n) is 45.3. The molecule has 0 spiro atoms. The van der Waals surface area contributed by atoms with Gasteiger partial charge in [0, 0.05) is 19.3 Å². The molecule has 0 N–H and O–H groups in total. The molecule has 0 aliphatic carbocycles. The fourth-order valence-corrected chi connectivity index (χ4v) is 9.23. The Hall–Kier alpha value is -1.59. The van der Waals surface area contributed by atoms with Gasteiger partial charge < -0.3 is 14.2 Å². The molecule has 392 valence electrons. The molecule has 66 heavy (non-hydrogen) atoms. The van der Waals surface area contributed by atoms with Gasteiger partial charge in [-0.1, -0.05) is 298 Å². The van der Waals surface area contributed by atoms with Crippen LogP contribution in [0.4, 0.5) is 0 Å². The van der Waals surface area contributed by atoms with E-state index in [1.54, 1.807) is 0 Å². The fourth-order valence-electron chi connectivity index (χ4n) is 9.23. The van der Waals surface area contributed by atoms with Crippen LogP contribution in [-0.4, -0.2) is 37.2 Å². The van der Waals surface area contributed by atoms with E-state index in [-0.39, 0.29) is 31.1 Å². The van der Waals surface area contributed by atoms with Crippen molar-refractivity contribution in [1.29, 1.82) is 0 Å². The van der Waals surface area contributed by atoms with Crippen molar-refractivity contribution in [3.8, 4) is 0 Å². The molecule has 0 rings (SSSR count). The molecule has 0 aliphatic rings. The molecule has 0 aliphatic heterocycles. The molecular formula is C60H116O6. The number of carbonyl (C=O) groups excluding carboxylic acids is 3. The van der Waals surface area contributed by atoms with Crippen LogP contribution in [0.2, 0.25) is 0 Å². The summed E-state index contributed by atoms with van der Waals surface area (Å²) in [5.74, 6) is 0.832. The average molecular weight is 934 g/mol. The lowest BCUT2D eigenvalue weighted by atomic mass is 10.0. The van der Waals surface area contributed by atoms with Crippen LogP contribution < -0.4 is 0 Å². The second-order valence-electron chi connectivity index (χ2n) is 21.6. The lowest BCUT2D eigenvalue weighted by Gasteiger charge is -2.18. The first-order chi connectivity index (χ1) is 32.2. The molecule has 0 aromatic heterocycles. The third kappa shape index (κ3) is 53.4. The molecule has 0 heterocycles. The number of rotatable bonds is 54. The van der Waals surface area contributed by atoms with Crippen molar-refractivity contribution in [1.82, 2.24) is 0 Å². The molecular weight excluding hydrogens is 817 g/mol. The Morgan fingerprint density at radius 2 is 0.500 bits per heavy atom. The number of ether oxygens (including phenoxy) is 3. The summed E-state index contributed by atoms with van der Waals surface area (Å²) >= 11 is 0. The monoisotopic (exact) mass is 933 g/mol. The summed E-state index contributed by atoms with van der Waals surface area (Å²) < 4.78 is 16.9.